The molecule has 2 heterocycles. The van der Waals surface area contributed by atoms with Gasteiger partial charge in [-0.15, -0.1) is 0 Å². The lowest BCUT2D eigenvalue weighted by molar-refractivity contribution is -0.111. The first-order chi connectivity index (χ1) is 10.7. The number of pyridine rings is 2. The summed E-state index contributed by atoms with van der Waals surface area (Å²) in [6.45, 7) is 0. The van der Waals surface area contributed by atoms with Crippen molar-refractivity contribution >= 4 is 40.4 Å². The van der Waals surface area contributed by atoms with Crippen LogP contribution in [0.25, 0.3) is 17.1 Å². The molecule has 0 aliphatic heterocycles. The number of hydrogen-bond donors (Lipinski definition) is 1. The Kier molecular flexibility index (Phi) is 4.12. The highest BCUT2D eigenvalue weighted by Gasteiger charge is 2.03. The Hall–Kier alpha value is -2.72. The Balaban J connectivity index is 1.75. The molecule has 0 aliphatic rings. The van der Waals surface area contributed by atoms with Gasteiger partial charge in [-0.05, 0) is 35.9 Å². The van der Waals surface area contributed by atoms with Gasteiger partial charge >= 0.3 is 0 Å². The zero-order valence-corrected chi connectivity index (χ0v) is 12.3. The van der Waals surface area contributed by atoms with Crippen molar-refractivity contribution in [1.82, 2.24) is 9.97 Å². The van der Waals surface area contributed by atoms with Crippen LogP contribution < -0.4 is 5.32 Å². The normalized spacial score (nSPS) is 11.0. The van der Waals surface area contributed by atoms with Crippen LogP contribution in [-0.2, 0) is 4.79 Å². The summed E-state index contributed by atoms with van der Waals surface area (Å²) in [6, 6.07) is 16.7. The van der Waals surface area contributed by atoms with Crippen LogP contribution in [0.3, 0.4) is 0 Å². The third kappa shape index (κ3) is 3.48. The summed E-state index contributed by atoms with van der Waals surface area (Å²) >= 11 is 5.84. The third-order valence-electron chi connectivity index (χ3n) is 3.00. The maximum absolute atomic E-state index is 11.9. The highest BCUT2D eigenvalue weighted by molar-refractivity contribution is 6.29. The van der Waals surface area contributed by atoms with Crippen LogP contribution in [0, 0.1) is 0 Å². The fourth-order valence-corrected chi connectivity index (χ4v) is 2.09. The minimum Gasteiger partial charge on any atom is -0.307 e. The lowest BCUT2D eigenvalue weighted by Gasteiger charge is -2.03. The van der Waals surface area contributed by atoms with Gasteiger partial charge in [-0.3, -0.25) is 4.79 Å². The van der Waals surface area contributed by atoms with E-state index >= 15 is 0 Å². The Labute approximate surface area is 132 Å². The molecule has 0 saturated carbocycles. The first-order valence-corrected chi connectivity index (χ1v) is 7.06. The maximum Gasteiger partial charge on any atom is 0.249 e. The van der Waals surface area contributed by atoms with Crippen molar-refractivity contribution in [2.24, 2.45) is 0 Å². The Bertz CT molecular complexity index is 847. The van der Waals surface area contributed by atoms with E-state index in [9.17, 15) is 4.79 Å². The van der Waals surface area contributed by atoms with Gasteiger partial charge in [-0.1, -0.05) is 41.9 Å². The molecule has 0 bridgehead atoms. The first-order valence-electron chi connectivity index (χ1n) is 6.68. The summed E-state index contributed by atoms with van der Waals surface area (Å²) in [5.41, 5.74) is 1.45. The minimum absolute atomic E-state index is 0.252. The number of benzene rings is 1. The predicted molar refractivity (Wildman–Crippen MR) is 88.7 cm³/mol. The van der Waals surface area contributed by atoms with Crippen LogP contribution in [0.15, 0.2) is 60.7 Å². The largest absolute Gasteiger partial charge is 0.307 e. The average molecular weight is 310 g/mol. The van der Waals surface area contributed by atoms with E-state index in [0.29, 0.717) is 16.6 Å². The number of rotatable bonds is 3. The van der Waals surface area contributed by atoms with E-state index in [-0.39, 0.29) is 5.91 Å². The van der Waals surface area contributed by atoms with Crippen LogP contribution >= 0.6 is 11.6 Å². The number of halogens is 1. The Morgan fingerprint density at radius 2 is 1.77 bits per heavy atom. The molecule has 22 heavy (non-hydrogen) atoms. The van der Waals surface area contributed by atoms with Crippen molar-refractivity contribution in [3.05, 3.63) is 71.4 Å². The van der Waals surface area contributed by atoms with Gasteiger partial charge < -0.3 is 5.32 Å². The summed E-state index contributed by atoms with van der Waals surface area (Å²) in [4.78, 5) is 20.3. The molecule has 0 saturated heterocycles. The molecule has 1 N–H and O–H groups in total. The number of carbonyl (C=O) groups excluding carboxylic acids is 1. The summed E-state index contributed by atoms with van der Waals surface area (Å²) in [6.07, 6.45) is 3.21. The highest BCUT2D eigenvalue weighted by Crippen LogP contribution is 2.16. The molecule has 0 spiro atoms. The van der Waals surface area contributed by atoms with Crippen molar-refractivity contribution < 1.29 is 4.79 Å². The molecule has 2 aromatic heterocycles. The predicted octanol–water partition coefficient (Wildman–Crippen LogP) is 3.94. The number of amides is 1. The number of aromatic nitrogens is 2. The monoisotopic (exact) mass is 309 g/mol. The molecular formula is C17H12ClN3O. The van der Waals surface area contributed by atoms with Crippen LogP contribution in [0.5, 0.6) is 0 Å². The summed E-state index contributed by atoms with van der Waals surface area (Å²) in [7, 11) is 0. The van der Waals surface area contributed by atoms with Crippen molar-refractivity contribution in [3.63, 3.8) is 0 Å². The molecule has 3 rings (SSSR count). The molecular weight excluding hydrogens is 298 g/mol. The third-order valence-corrected chi connectivity index (χ3v) is 3.21. The molecule has 0 atom stereocenters. The van der Waals surface area contributed by atoms with E-state index in [1.807, 2.05) is 42.5 Å². The van der Waals surface area contributed by atoms with Gasteiger partial charge in [0.15, 0.2) is 5.65 Å². The van der Waals surface area contributed by atoms with Crippen LogP contribution in [0.4, 0.5) is 5.82 Å². The van der Waals surface area contributed by atoms with Gasteiger partial charge in [-0.2, -0.15) is 0 Å². The Morgan fingerprint density at radius 1 is 1.00 bits per heavy atom. The van der Waals surface area contributed by atoms with Crippen molar-refractivity contribution in [2.75, 3.05) is 5.32 Å². The number of fused-ring (bicyclic) bond motifs is 1. The fraction of sp³-hybridized carbons (Fsp3) is 0. The smallest absolute Gasteiger partial charge is 0.249 e. The van der Waals surface area contributed by atoms with Gasteiger partial charge in [-0.25, -0.2) is 9.97 Å². The number of nitrogens with one attached hydrogen (secondary N) is 1. The average Bonchev–Trinajstić information content (AvgIpc) is 2.53. The maximum atomic E-state index is 11.9. The van der Waals surface area contributed by atoms with Crippen LogP contribution in [0.1, 0.15) is 5.56 Å². The fourth-order valence-electron chi connectivity index (χ4n) is 1.95. The lowest BCUT2D eigenvalue weighted by Crippen LogP contribution is -2.09. The van der Waals surface area contributed by atoms with Crippen LogP contribution in [-0.4, -0.2) is 15.9 Å². The van der Waals surface area contributed by atoms with E-state index in [0.717, 1.165) is 10.9 Å². The molecule has 4 nitrogen and oxygen atoms in total. The molecule has 1 aromatic carbocycles. The van der Waals surface area contributed by atoms with Crippen molar-refractivity contribution in [3.8, 4) is 0 Å². The SMILES string of the molecule is O=C(/C=C/c1ccccc1)Nc1ccc2ccc(Cl)nc2n1. The number of hydrogen-bond acceptors (Lipinski definition) is 3. The van der Waals surface area contributed by atoms with E-state index in [1.165, 1.54) is 6.08 Å². The molecule has 108 valence electrons. The first kappa shape index (κ1) is 14.2. The standard InChI is InChI=1S/C17H12ClN3O/c18-14-9-7-13-8-10-15(21-17(13)19-14)20-16(22)11-6-12-4-2-1-3-5-12/h1-11H,(H,19,20,21,22)/b11-6+. The molecule has 3 aromatic rings. The summed E-state index contributed by atoms with van der Waals surface area (Å²) < 4.78 is 0. The summed E-state index contributed by atoms with van der Waals surface area (Å²) in [5.74, 6) is 0.183. The van der Waals surface area contributed by atoms with E-state index in [1.54, 1.807) is 18.2 Å². The van der Waals surface area contributed by atoms with E-state index < -0.39 is 0 Å². The Morgan fingerprint density at radius 3 is 2.59 bits per heavy atom. The quantitative estimate of drug-likeness (QED) is 0.589. The second-order valence-electron chi connectivity index (χ2n) is 4.61. The second kappa shape index (κ2) is 6.37. The molecule has 0 fully saturated rings. The van der Waals surface area contributed by atoms with Gasteiger partial charge in [0.25, 0.3) is 0 Å². The van der Waals surface area contributed by atoms with E-state index in [4.69, 9.17) is 11.6 Å². The molecule has 0 radical (unpaired) electrons. The summed E-state index contributed by atoms with van der Waals surface area (Å²) in [5, 5.41) is 3.94. The zero-order chi connectivity index (χ0) is 15.4. The van der Waals surface area contributed by atoms with Gasteiger partial charge in [0.1, 0.15) is 11.0 Å². The van der Waals surface area contributed by atoms with Crippen molar-refractivity contribution in [2.45, 2.75) is 0 Å². The number of nitrogens with zero attached hydrogens (tertiary/aromatic N) is 2. The second-order valence-corrected chi connectivity index (χ2v) is 5.00. The van der Waals surface area contributed by atoms with Gasteiger partial charge in [0.05, 0.1) is 0 Å². The molecule has 0 unspecified atom stereocenters. The number of anilines is 1. The van der Waals surface area contributed by atoms with Gasteiger partial charge in [0, 0.05) is 11.5 Å². The molecule has 5 heteroatoms. The van der Waals surface area contributed by atoms with Gasteiger partial charge in [0.2, 0.25) is 5.91 Å². The van der Waals surface area contributed by atoms with E-state index in [2.05, 4.69) is 15.3 Å². The van der Waals surface area contributed by atoms with Crippen LogP contribution in [0.2, 0.25) is 5.15 Å². The topological polar surface area (TPSA) is 54.9 Å². The molecule has 0 aliphatic carbocycles. The number of carbonyl (C=O) groups is 1. The zero-order valence-electron chi connectivity index (χ0n) is 11.5. The van der Waals surface area contributed by atoms with Crippen molar-refractivity contribution in [1.29, 1.82) is 0 Å². The minimum atomic E-state index is -0.252. The lowest BCUT2D eigenvalue weighted by atomic mass is 10.2. The molecule has 1 amide bonds. The highest BCUT2D eigenvalue weighted by atomic mass is 35.5.